The largest absolute Gasteiger partial charge is 0.465 e. The van der Waals surface area contributed by atoms with Crippen molar-refractivity contribution in [3.63, 3.8) is 0 Å². The lowest BCUT2D eigenvalue weighted by molar-refractivity contribution is -0.133. The molecule has 0 radical (unpaired) electrons. The molecular formula is C18H27N3O3S. The molecule has 0 bridgehead atoms. The number of thiophene rings is 1. The second-order valence-corrected chi connectivity index (χ2v) is 7.72. The maximum Gasteiger partial charge on any atom is 0.348 e. The Morgan fingerprint density at radius 3 is 2.40 bits per heavy atom. The highest BCUT2D eigenvalue weighted by Crippen LogP contribution is 2.18. The molecule has 0 saturated carbocycles. The number of esters is 1. The lowest BCUT2D eigenvalue weighted by atomic mass is 10.1. The molecule has 0 atom stereocenters. The predicted octanol–water partition coefficient (Wildman–Crippen LogP) is 1.66. The molecule has 25 heavy (non-hydrogen) atoms. The van der Waals surface area contributed by atoms with Gasteiger partial charge in [0.1, 0.15) is 4.88 Å². The molecule has 3 rings (SSSR count). The van der Waals surface area contributed by atoms with Crippen LogP contribution in [-0.2, 0) is 16.1 Å². The van der Waals surface area contributed by atoms with Crippen molar-refractivity contribution in [1.82, 2.24) is 14.7 Å². The monoisotopic (exact) mass is 365 g/mol. The summed E-state index contributed by atoms with van der Waals surface area (Å²) >= 11 is 1.43. The van der Waals surface area contributed by atoms with Gasteiger partial charge in [0.05, 0.1) is 13.7 Å². The zero-order chi connectivity index (χ0) is 17.6. The van der Waals surface area contributed by atoms with Crippen LogP contribution in [0.5, 0.6) is 0 Å². The van der Waals surface area contributed by atoms with Gasteiger partial charge in [-0.3, -0.25) is 14.6 Å². The van der Waals surface area contributed by atoms with Crippen LogP contribution in [0.3, 0.4) is 0 Å². The van der Waals surface area contributed by atoms with Crippen molar-refractivity contribution in [1.29, 1.82) is 0 Å². The van der Waals surface area contributed by atoms with E-state index in [1.54, 1.807) is 0 Å². The number of piperidine rings is 1. The van der Waals surface area contributed by atoms with Gasteiger partial charge in [-0.15, -0.1) is 11.3 Å². The molecule has 1 aromatic heterocycles. The number of hydrogen-bond donors (Lipinski definition) is 0. The SMILES string of the molecule is COC(=O)c1cc(CN2CCN(CC(=O)N3CCCCC3)CC2)cs1. The molecule has 0 spiro atoms. The summed E-state index contributed by atoms with van der Waals surface area (Å²) < 4.78 is 4.76. The second kappa shape index (κ2) is 8.78. The van der Waals surface area contributed by atoms with Gasteiger partial charge in [-0.25, -0.2) is 4.79 Å². The first-order valence-electron chi connectivity index (χ1n) is 9.04. The van der Waals surface area contributed by atoms with E-state index in [-0.39, 0.29) is 11.9 Å². The zero-order valence-corrected chi connectivity index (χ0v) is 15.7. The van der Waals surface area contributed by atoms with E-state index in [1.807, 2.05) is 16.3 Å². The first-order chi connectivity index (χ1) is 12.2. The van der Waals surface area contributed by atoms with E-state index in [9.17, 15) is 9.59 Å². The van der Waals surface area contributed by atoms with Crippen LogP contribution >= 0.6 is 11.3 Å². The van der Waals surface area contributed by atoms with Crippen LogP contribution in [0.1, 0.15) is 34.5 Å². The molecule has 0 N–H and O–H groups in total. The minimum Gasteiger partial charge on any atom is -0.465 e. The highest BCUT2D eigenvalue weighted by molar-refractivity contribution is 7.12. The molecule has 2 saturated heterocycles. The highest BCUT2D eigenvalue weighted by Gasteiger charge is 2.23. The van der Waals surface area contributed by atoms with Gasteiger partial charge < -0.3 is 9.64 Å². The Balaban J connectivity index is 1.41. The summed E-state index contributed by atoms with van der Waals surface area (Å²) in [6.45, 7) is 7.02. The van der Waals surface area contributed by atoms with Crippen molar-refractivity contribution in [2.24, 2.45) is 0 Å². The summed E-state index contributed by atoms with van der Waals surface area (Å²) in [4.78, 5) is 31.2. The van der Waals surface area contributed by atoms with Crippen LogP contribution < -0.4 is 0 Å². The fourth-order valence-electron chi connectivity index (χ4n) is 3.46. The average Bonchev–Trinajstić information content (AvgIpc) is 3.12. The quantitative estimate of drug-likeness (QED) is 0.743. The van der Waals surface area contributed by atoms with E-state index in [0.29, 0.717) is 11.4 Å². The molecule has 2 aliphatic heterocycles. The number of amides is 1. The number of likely N-dealkylation sites (tertiary alicyclic amines) is 1. The smallest absolute Gasteiger partial charge is 0.348 e. The first-order valence-corrected chi connectivity index (χ1v) is 9.92. The molecule has 2 fully saturated rings. The zero-order valence-electron chi connectivity index (χ0n) is 14.9. The average molecular weight is 365 g/mol. The lowest BCUT2D eigenvalue weighted by Gasteiger charge is -2.36. The molecule has 7 heteroatoms. The van der Waals surface area contributed by atoms with E-state index >= 15 is 0 Å². The number of hydrogen-bond acceptors (Lipinski definition) is 6. The van der Waals surface area contributed by atoms with Gasteiger partial charge in [-0.1, -0.05) is 0 Å². The van der Waals surface area contributed by atoms with Crippen molar-refractivity contribution in [2.75, 3.05) is 52.9 Å². The van der Waals surface area contributed by atoms with E-state index < -0.39 is 0 Å². The fraction of sp³-hybridized carbons (Fsp3) is 0.667. The van der Waals surface area contributed by atoms with E-state index in [4.69, 9.17) is 4.74 Å². The maximum atomic E-state index is 12.4. The molecule has 1 aromatic rings. The molecule has 138 valence electrons. The summed E-state index contributed by atoms with van der Waals surface area (Å²) in [6, 6.07) is 1.92. The van der Waals surface area contributed by atoms with Crippen molar-refractivity contribution in [3.05, 3.63) is 21.9 Å². The lowest BCUT2D eigenvalue weighted by Crippen LogP contribution is -2.50. The minimum atomic E-state index is -0.266. The molecule has 0 aromatic carbocycles. The Morgan fingerprint density at radius 1 is 1.04 bits per heavy atom. The summed E-state index contributed by atoms with van der Waals surface area (Å²) in [5.41, 5.74) is 1.16. The standard InChI is InChI=1S/C18H27N3O3S/c1-24-18(23)16-11-15(14-25-16)12-19-7-9-20(10-8-19)13-17(22)21-5-3-2-4-6-21/h11,14H,2-10,12-13H2,1H3. The molecule has 1 amide bonds. The van der Waals surface area contributed by atoms with Crippen LogP contribution in [0, 0.1) is 0 Å². The third-order valence-corrected chi connectivity index (χ3v) is 5.94. The van der Waals surface area contributed by atoms with Crippen LogP contribution in [0.15, 0.2) is 11.4 Å². The Bertz CT molecular complexity index is 590. The molecule has 0 aliphatic carbocycles. The van der Waals surface area contributed by atoms with Crippen LogP contribution in [-0.4, -0.2) is 79.5 Å². The Labute approximate surface area is 153 Å². The molecule has 2 aliphatic rings. The Hall–Kier alpha value is -1.44. The predicted molar refractivity (Wildman–Crippen MR) is 97.8 cm³/mol. The number of nitrogens with zero attached hydrogens (tertiary/aromatic N) is 3. The van der Waals surface area contributed by atoms with Gasteiger partial charge >= 0.3 is 5.97 Å². The number of carbonyl (C=O) groups is 2. The Kier molecular flexibility index (Phi) is 6.45. The van der Waals surface area contributed by atoms with E-state index in [2.05, 4.69) is 9.80 Å². The number of ether oxygens (including phenoxy) is 1. The van der Waals surface area contributed by atoms with Crippen LogP contribution in [0.25, 0.3) is 0 Å². The normalized spacial score (nSPS) is 19.8. The minimum absolute atomic E-state index is 0.266. The molecule has 0 unspecified atom stereocenters. The van der Waals surface area contributed by atoms with Crippen molar-refractivity contribution in [2.45, 2.75) is 25.8 Å². The van der Waals surface area contributed by atoms with Crippen molar-refractivity contribution in [3.8, 4) is 0 Å². The van der Waals surface area contributed by atoms with Crippen LogP contribution in [0.4, 0.5) is 0 Å². The van der Waals surface area contributed by atoms with Crippen LogP contribution in [0.2, 0.25) is 0 Å². The number of carbonyl (C=O) groups excluding carboxylic acids is 2. The summed E-state index contributed by atoms with van der Waals surface area (Å²) in [5, 5.41) is 2.03. The third-order valence-electron chi connectivity index (χ3n) is 4.98. The number of piperazine rings is 1. The van der Waals surface area contributed by atoms with Crippen molar-refractivity contribution < 1.29 is 14.3 Å². The topological polar surface area (TPSA) is 53.1 Å². The third kappa shape index (κ3) is 5.03. The fourth-order valence-corrected chi connectivity index (χ4v) is 4.28. The van der Waals surface area contributed by atoms with E-state index in [0.717, 1.165) is 64.2 Å². The molecular weight excluding hydrogens is 338 g/mol. The van der Waals surface area contributed by atoms with Crippen molar-refractivity contribution >= 4 is 23.2 Å². The number of rotatable bonds is 5. The molecule has 6 nitrogen and oxygen atoms in total. The van der Waals surface area contributed by atoms with E-state index in [1.165, 1.54) is 24.9 Å². The van der Waals surface area contributed by atoms with Gasteiger partial charge in [0.25, 0.3) is 0 Å². The first kappa shape index (κ1) is 18.4. The summed E-state index contributed by atoms with van der Waals surface area (Å²) in [6.07, 6.45) is 3.55. The van der Waals surface area contributed by atoms with Gasteiger partial charge in [0.15, 0.2) is 0 Å². The summed E-state index contributed by atoms with van der Waals surface area (Å²) in [5.74, 6) is 0.0194. The number of methoxy groups -OCH3 is 1. The van der Waals surface area contributed by atoms with Gasteiger partial charge in [0.2, 0.25) is 5.91 Å². The highest BCUT2D eigenvalue weighted by atomic mass is 32.1. The Morgan fingerprint density at radius 2 is 1.72 bits per heavy atom. The van der Waals surface area contributed by atoms with Gasteiger partial charge in [0, 0.05) is 45.8 Å². The second-order valence-electron chi connectivity index (χ2n) is 6.80. The molecule has 3 heterocycles. The van der Waals surface area contributed by atoms with Gasteiger partial charge in [-0.05, 0) is 36.3 Å². The van der Waals surface area contributed by atoms with Gasteiger partial charge in [-0.2, -0.15) is 0 Å². The summed E-state index contributed by atoms with van der Waals surface area (Å²) in [7, 11) is 1.41. The maximum absolute atomic E-state index is 12.4.